The van der Waals surface area contributed by atoms with E-state index < -0.39 is 0 Å². The minimum atomic E-state index is -0.227. The molecule has 7 nitrogen and oxygen atoms in total. The average molecular weight is 459 g/mol. The van der Waals surface area contributed by atoms with E-state index in [-0.39, 0.29) is 30.2 Å². The summed E-state index contributed by atoms with van der Waals surface area (Å²) in [6.45, 7) is 4.02. The monoisotopic (exact) mass is 458 g/mol. The predicted molar refractivity (Wildman–Crippen MR) is 137 cm³/mol. The van der Waals surface area contributed by atoms with Gasteiger partial charge in [-0.1, -0.05) is 38.1 Å². The second-order valence-electron chi connectivity index (χ2n) is 8.41. The fourth-order valence-electron chi connectivity index (χ4n) is 3.33. The van der Waals surface area contributed by atoms with Crippen molar-refractivity contribution in [2.24, 2.45) is 5.92 Å². The molecule has 0 saturated heterocycles. The molecule has 0 radical (unpaired) electrons. The first kappa shape index (κ1) is 24.5. The number of nitrogens with zero attached hydrogens (tertiary/aromatic N) is 1. The van der Waals surface area contributed by atoms with E-state index >= 15 is 0 Å². The molecule has 3 aromatic carbocycles. The van der Waals surface area contributed by atoms with Gasteiger partial charge >= 0.3 is 0 Å². The van der Waals surface area contributed by atoms with E-state index in [0.717, 1.165) is 5.69 Å². The SMILES string of the molecule is CC(C)CC(=O)Nc1ccc(NC(=O)CNc2cccc(C(=O)N(C)c3ccccc3)c2)cc1. The molecule has 0 unspecified atom stereocenters. The summed E-state index contributed by atoms with van der Waals surface area (Å²) in [5.74, 6) is -0.115. The van der Waals surface area contributed by atoms with Crippen molar-refractivity contribution in [1.82, 2.24) is 0 Å². The highest BCUT2D eigenvalue weighted by molar-refractivity contribution is 6.06. The second kappa shape index (κ2) is 11.7. The van der Waals surface area contributed by atoms with Crippen molar-refractivity contribution >= 4 is 40.5 Å². The summed E-state index contributed by atoms with van der Waals surface area (Å²) in [7, 11) is 1.73. The van der Waals surface area contributed by atoms with Gasteiger partial charge in [0.25, 0.3) is 5.91 Å². The van der Waals surface area contributed by atoms with Gasteiger partial charge in [-0.25, -0.2) is 0 Å². The maximum atomic E-state index is 12.8. The normalized spacial score (nSPS) is 10.5. The first-order chi connectivity index (χ1) is 16.3. The van der Waals surface area contributed by atoms with Gasteiger partial charge in [0.1, 0.15) is 0 Å². The molecule has 0 spiro atoms. The number of amides is 3. The molecule has 0 fully saturated rings. The number of hydrogen-bond donors (Lipinski definition) is 3. The number of carbonyl (C=O) groups is 3. The van der Waals surface area contributed by atoms with Crippen LogP contribution in [0.15, 0.2) is 78.9 Å². The maximum Gasteiger partial charge on any atom is 0.258 e. The molecule has 0 aliphatic carbocycles. The van der Waals surface area contributed by atoms with Gasteiger partial charge in [-0.15, -0.1) is 0 Å². The minimum absolute atomic E-state index is 0.0355. The van der Waals surface area contributed by atoms with E-state index in [1.807, 2.05) is 44.2 Å². The van der Waals surface area contributed by atoms with Crippen LogP contribution < -0.4 is 20.9 Å². The third kappa shape index (κ3) is 7.20. The Morgan fingerprint density at radius 2 is 1.38 bits per heavy atom. The molecular weight excluding hydrogens is 428 g/mol. The Bertz CT molecular complexity index is 1130. The molecule has 3 amide bonds. The van der Waals surface area contributed by atoms with E-state index in [0.29, 0.717) is 29.0 Å². The molecular formula is C27H30N4O3. The van der Waals surface area contributed by atoms with Crippen LogP contribution in [0.1, 0.15) is 30.6 Å². The van der Waals surface area contributed by atoms with Crippen molar-refractivity contribution < 1.29 is 14.4 Å². The zero-order chi connectivity index (χ0) is 24.5. The van der Waals surface area contributed by atoms with E-state index in [2.05, 4.69) is 16.0 Å². The Morgan fingerprint density at radius 3 is 2.00 bits per heavy atom. The molecule has 176 valence electrons. The quantitative estimate of drug-likeness (QED) is 0.421. The summed E-state index contributed by atoms with van der Waals surface area (Å²) < 4.78 is 0. The van der Waals surface area contributed by atoms with Crippen LogP contribution in [0.25, 0.3) is 0 Å². The van der Waals surface area contributed by atoms with Crippen molar-refractivity contribution in [3.8, 4) is 0 Å². The van der Waals surface area contributed by atoms with Crippen molar-refractivity contribution in [2.75, 3.05) is 34.4 Å². The second-order valence-corrected chi connectivity index (χ2v) is 8.41. The van der Waals surface area contributed by atoms with Crippen molar-refractivity contribution in [2.45, 2.75) is 20.3 Å². The fraction of sp³-hybridized carbons (Fsp3) is 0.222. The molecule has 3 N–H and O–H groups in total. The van der Waals surface area contributed by atoms with Crippen LogP contribution in [0.4, 0.5) is 22.7 Å². The highest BCUT2D eigenvalue weighted by atomic mass is 16.2. The van der Waals surface area contributed by atoms with Crippen molar-refractivity contribution in [1.29, 1.82) is 0 Å². The van der Waals surface area contributed by atoms with Gasteiger partial charge in [0.15, 0.2) is 0 Å². The number of benzene rings is 3. The third-order valence-electron chi connectivity index (χ3n) is 5.06. The summed E-state index contributed by atoms with van der Waals surface area (Å²) in [4.78, 5) is 38.6. The lowest BCUT2D eigenvalue weighted by Crippen LogP contribution is -2.26. The van der Waals surface area contributed by atoms with Gasteiger partial charge < -0.3 is 20.9 Å². The lowest BCUT2D eigenvalue weighted by Gasteiger charge is -2.18. The van der Waals surface area contributed by atoms with Crippen LogP contribution in [0.3, 0.4) is 0 Å². The smallest absolute Gasteiger partial charge is 0.258 e. The van der Waals surface area contributed by atoms with Crippen molar-refractivity contribution in [3.63, 3.8) is 0 Å². The molecule has 7 heteroatoms. The van der Waals surface area contributed by atoms with Gasteiger partial charge in [-0.3, -0.25) is 14.4 Å². The number of para-hydroxylation sites is 1. The largest absolute Gasteiger partial charge is 0.376 e. The van der Waals surface area contributed by atoms with Gasteiger partial charge in [0.05, 0.1) is 6.54 Å². The first-order valence-electron chi connectivity index (χ1n) is 11.2. The van der Waals surface area contributed by atoms with Gasteiger partial charge in [-0.05, 0) is 60.5 Å². The molecule has 0 aromatic heterocycles. The summed E-state index contributed by atoms with van der Waals surface area (Å²) in [5, 5.41) is 8.71. The molecule has 3 aromatic rings. The molecule has 34 heavy (non-hydrogen) atoms. The Labute approximate surface area is 200 Å². The standard InChI is InChI=1S/C27H30N4O3/c1-19(2)16-25(32)29-21-12-14-22(15-13-21)30-26(33)18-28-23-9-7-8-20(17-23)27(34)31(3)24-10-5-4-6-11-24/h4-15,17,19,28H,16,18H2,1-3H3,(H,29,32)(H,30,33). The Hall–Kier alpha value is -4.13. The van der Waals surface area contributed by atoms with E-state index in [1.54, 1.807) is 60.5 Å². The molecule has 0 atom stereocenters. The van der Waals surface area contributed by atoms with Crippen LogP contribution >= 0.6 is 0 Å². The summed E-state index contributed by atoms with van der Waals surface area (Å²) in [6, 6.07) is 23.4. The Balaban J connectivity index is 1.52. The lowest BCUT2D eigenvalue weighted by atomic mass is 10.1. The summed E-state index contributed by atoms with van der Waals surface area (Å²) in [6.07, 6.45) is 0.458. The average Bonchev–Trinajstić information content (AvgIpc) is 2.83. The molecule has 0 saturated carbocycles. The van der Waals surface area contributed by atoms with Crippen LogP contribution in [-0.2, 0) is 9.59 Å². The molecule has 0 heterocycles. The highest BCUT2D eigenvalue weighted by Gasteiger charge is 2.14. The van der Waals surface area contributed by atoms with Crippen LogP contribution in [0, 0.1) is 5.92 Å². The molecule has 3 rings (SSSR count). The number of nitrogens with one attached hydrogen (secondary N) is 3. The number of anilines is 4. The predicted octanol–water partition coefficient (Wildman–Crippen LogP) is 5.00. The van der Waals surface area contributed by atoms with Gasteiger partial charge in [-0.2, -0.15) is 0 Å². The summed E-state index contributed by atoms with van der Waals surface area (Å²) in [5.41, 5.74) is 3.30. The lowest BCUT2D eigenvalue weighted by molar-refractivity contribution is -0.117. The van der Waals surface area contributed by atoms with Crippen LogP contribution in [-0.4, -0.2) is 31.3 Å². The molecule has 0 aliphatic heterocycles. The van der Waals surface area contributed by atoms with E-state index in [4.69, 9.17) is 0 Å². The van der Waals surface area contributed by atoms with Gasteiger partial charge in [0.2, 0.25) is 11.8 Å². The zero-order valence-corrected chi connectivity index (χ0v) is 19.7. The van der Waals surface area contributed by atoms with Crippen LogP contribution in [0.2, 0.25) is 0 Å². The van der Waals surface area contributed by atoms with Gasteiger partial charge in [0, 0.05) is 41.8 Å². The Morgan fingerprint density at radius 1 is 0.765 bits per heavy atom. The Kier molecular flexibility index (Phi) is 8.40. The highest BCUT2D eigenvalue weighted by Crippen LogP contribution is 2.18. The molecule has 0 bridgehead atoms. The minimum Gasteiger partial charge on any atom is -0.376 e. The molecule has 0 aliphatic rings. The van der Waals surface area contributed by atoms with Crippen molar-refractivity contribution in [3.05, 3.63) is 84.4 Å². The number of rotatable bonds is 9. The third-order valence-corrected chi connectivity index (χ3v) is 5.06. The maximum absolute atomic E-state index is 12.8. The van der Waals surface area contributed by atoms with E-state index in [1.165, 1.54) is 0 Å². The summed E-state index contributed by atoms with van der Waals surface area (Å²) >= 11 is 0. The zero-order valence-electron chi connectivity index (χ0n) is 19.7. The first-order valence-corrected chi connectivity index (χ1v) is 11.2. The van der Waals surface area contributed by atoms with Crippen LogP contribution in [0.5, 0.6) is 0 Å². The fourth-order valence-corrected chi connectivity index (χ4v) is 3.33. The topological polar surface area (TPSA) is 90.5 Å². The number of carbonyl (C=O) groups excluding carboxylic acids is 3. The van der Waals surface area contributed by atoms with E-state index in [9.17, 15) is 14.4 Å². The number of hydrogen-bond acceptors (Lipinski definition) is 4.